The minimum absolute atomic E-state index is 0.302. The highest BCUT2D eigenvalue weighted by Gasteiger charge is 2.42. The fourth-order valence-corrected chi connectivity index (χ4v) is 5.57. The lowest BCUT2D eigenvalue weighted by Gasteiger charge is -2.26. The molecule has 2 N–H and O–H groups in total. The summed E-state index contributed by atoms with van der Waals surface area (Å²) in [6.45, 7) is 10.9. The van der Waals surface area contributed by atoms with Crippen molar-refractivity contribution >= 4 is 11.8 Å². The summed E-state index contributed by atoms with van der Waals surface area (Å²) in [6.07, 6.45) is 1.99. The third-order valence-corrected chi connectivity index (χ3v) is 7.40. The molecule has 1 aromatic carbocycles. The second-order valence-electron chi connectivity index (χ2n) is 10.1. The maximum absolute atomic E-state index is 12.5. The molecule has 0 bridgehead atoms. The van der Waals surface area contributed by atoms with Gasteiger partial charge in [0.2, 0.25) is 11.8 Å². The van der Waals surface area contributed by atoms with Crippen molar-refractivity contribution in [2.75, 3.05) is 44.2 Å². The first-order valence-corrected chi connectivity index (χ1v) is 12.1. The molecule has 1 amide bonds. The van der Waals surface area contributed by atoms with E-state index in [2.05, 4.69) is 41.8 Å². The SMILES string of the molecule is CC(C)c1ccc(CN2CC3CN(C(=O)On4c(O)ccc4O)CC3C2)c(N2CCCC2)c1. The number of carbonyl (C=O) groups excluding carboxylic acids is 1. The van der Waals surface area contributed by atoms with Gasteiger partial charge in [0.05, 0.1) is 0 Å². The number of anilines is 1. The van der Waals surface area contributed by atoms with Gasteiger partial charge in [0.15, 0.2) is 0 Å². The van der Waals surface area contributed by atoms with E-state index in [-0.39, 0.29) is 11.8 Å². The summed E-state index contributed by atoms with van der Waals surface area (Å²) in [5, 5.41) is 19.4. The van der Waals surface area contributed by atoms with Gasteiger partial charge in [0, 0.05) is 63.6 Å². The van der Waals surface area contributed by atoms with Crippen LogP contribution in [-0.2, 0) is 6.54 Å². The Morgan fingerprint density at radius 1 is 1.00 bits per heavy atom. The molecule has 3 saturated heterocycles. The van der Waals surface area contributed by atoms with Crippen molar-refractivity contribution in [1.29, 1.82) is 0 Å². The lowest BCUT2D eigenvalue weighted by molar-refractivity contribution is 0.0774. The maximum Gasteiger partial charge on any atom is 0.434 e. The van der Waals surface area contributed by atoms with Gasteiger partial charge in [-0.3, -0.25) is 4.90 Å². The Bertz CT molecular complexity index is 980. The molecule has 0 spiro atoms. The zero-order valence-electron chi connectivity index (χ0n) is 19.5. The molecule has 3 aliphatic rings. The van der Waals surface area contributed by atoms with Crippen molar-refractivity contribution in [1.82, 2.24) is 14.5 Å². The number of amides is 1. The Morgan fingerprint density at radius 2 is 1.64 bits per heavy atom. The number of fused-ring (bicyclic) bond motifs is 1. The van der Waals surface area contributed by atoms with Crippen molar-refractivity contribution in [3.05, 3.63) is 41.5 Å². The average molecular weight is 455 g/mol. The average Bonchev–Trinajstić information content (AvgIpc) is 3.56. The molecule has 33 heavy (non-hydrogen) atoms. The van der Waals surface area contributed by atoms with Gasteiger partial charge in [-0.1, -0.05) is 26.0 Å². The van der Waals surface area contributed by atoms with Crippen molar-refractivity contribution in [2.45, 2.75) is 39.2 Å². The Kier molecular flexibility index (Phi) is 5.86. The second-order valence-corrected chi connectivity index (χ2v) is 10.1. The van der Waals surface area contributed by atoms with Crippen molar-refractivity contribution in [3.8, 4) is 11.8 Å². The molecule has 1 aromatic heterocycles. The zero-order chi connectivity index (χ0) is 23.1. The van der Waals surface area contributed by atoms with Gasteiger partial charge in [-0.2, -0.15) is 0 Å². The smallest absolute Gasteiger partial charge is 0.434 e. The topological polar surface area (TPSA) is 81.4 Å². The lowest BCUT2D eigenvalue weighted by atomic mass is 9.99. The van der Waals surface area contributed by atoms with Crippen molar-refractivity contribution < 1.29 is 19.8 Å². The standard InChI is InChI=1S/C25H34N4O4/c1-17(2)18-5-6-19(22(11-18)27-9-3-4-10-27)12-26-13-20-15-28(16-21(20)14-26)25(32)33-29-23(30)7-8-24(29)31/h5-8,11,17,20-21,30-31H,3-4,9-10,12-16H2,1-2H3. The quantitative estimate of drug-likeness (QED) is 0.722. The number of benzene rings is 1. The molecule has 2 unspecified atom stereocenters. The minimum atomic E-state index is -0.543. The summed E-state index contributed by atoms with van der Waals surface area (Å²) in [6, 6.07) is 9.55. The van der Waals surface area contributed by atoms with Gasteiger partial charge in [-0.15, -0.1) is 4.73 Å². The molecule has 8 nitrogen and oxygen atoms in total. The van der Waals surface area contributed by atoms with E-state index in [0.29, 0.717) is 30.8 Å². The van der Waals surface area contributed by atoms with Crippen molar-refractivity contribution in [3.63, 3.8) is 0 Å². The fourth-order valence-electron chi connectivity index (χ4n) is 5.57. The minimum Gasteiger partial charge on any atom is -0.492 e. The van der Waals surface area contributed by atoms with Crippen LogP contribution in [0.2, 0.25) is 0 Å². The molecule has 3 fully saturated rings. The van der Waals surface area contributed by atoms with Crippen LogP contribution in [0.5, 0.6) is 11.8 Å². The number of carbonyl (C=O) groups is 1. The Labute approximate surface area is 194 Å². The predicted molar refractivity (Wildman–Crippen MR) is 126 cm³/mol. The highest BCUT2D eigenvalue weighted by molar-refractivity contribution is 5.68. The zero-order valence-corrected chi connectivity index (χ0v) is 19.5. The highest BCUT2D eigenvalue weighted by Crippen LogP contribution is 2.35. The van der Waals surface area contributed by atoms with Gasteiger partial charge in [0.25, 0.3) is 0 Å². The normalized spacial score (nSPS) is 23.0. The molecule has 3 aliphatic heterocycles. The molecule has 0 saturated carbocycles. The van der Waals surface area contributed by atoms with Gasteiger partial charge in [-0.05, 0) is 47.8 Å². The summed E-state index contributed by atoms with van der Waals surface area (Å²) < 4.78 is 0.753. The Morgan fingerprint density at radius 3 is 2.24 bits per heavy atom. The number of rotatable bonds is 5. The molecule has 2 atom stereocenters. The van der Waals surface area contributed by atoms with E-state index >= 15 is 0 Å². The van der Waals surface area contributed by atoms with E-state index in [9.17, 15) is 15.0 Å². The molecule has 2 aromatic rings. The maximum atomic E-state index is 12.5. The van der Waals surface area contributed by atoms with E-state index in [1.54, 1.807) is 4.90 Å². The van der Waals surface area contributed by atoms with Gasteiger partial charge in [0.1, 0.15) is 0 Å². The summed E-state index contributed by atoms with van der Waals surface area (Å²) in [5.41, 5.74) is 4.19. The van der Waals surface area contributed by atoms with E-state index < -0.39 is 6.09 Å². The number of aromatic nitrogens is 1. The molecular weight excluding hydrogens is 420 g/mol. The lowest BCUT2D eigenvalue weighted by Crippen LogP contribution is -2.37. The van der Waals surface area contributed by atoms with Crippen LogP contribution in [0.1, 0.15) is 43.7 Å². The molecule has 0 radical (unpaired) electrons. The van der Waals surface area contributed by atoms with Gasteiger partial charge >= 0.3 is 6.09 Å². The molecule has 5 rings (SSSR count). The van der Waals surface area contributed by atoms with Crippen molar-refractivity contribution in [2.24, 2.45) is 11.8 Å². The molecular formula is C25H34N4O4. The molecule has 0 aliphatic carbocycles. The van der Waals surface area contributed by atoms with E-state index in [4.69, 9.17) is 4.84 Å². The first-order valence-electron chi connectivity index (χ1n) is 12.1. The van der Waals surface area contributed by atoms with Crippen LogP contribution in [0, 0.1) is 11.8 Å². The molecule has 8 heteroatoms. The van der Waals surface area contributed by atoms with Crippen LogP contribution in [0.3, 0.4) is 0 Å². The van der Waals surface area contributed by atoms with E-state index in [0.717, 1.165) is 37.5 Å². The van der Waals surface area contributed by atoms with E-state index in [1.165, 1.54) is 41.8 Å². The van der Waals surface area contributed by atoms with E-state index in [1.807, 2.05) is 0 Å². The monoisotopic (exact) mass is 454 g/mol. The van der Waals surface area contributed by atoms with Gasteiger partial charge in [-0.25, -0.2) is 4.79 Å². The van der Waals surface area contributed by atoms with Crippen LogP contribution in [0.15, 0.2) is 30.3 Å². The van der Waals surface area contributed by atoms with Crippen LogP contribution >= 0.6 is 0 Å². The van der Waals surface area contributed by atoms with Crippen LogP contribution in [0.25, 0.3) is 0 Å². The third-order valence-electron chi connectivity index (χ3n) is 7.40. The molecule has 4 heterocycles. The largest absolute Gasteiger partial charge is 0.492 e. The number of nitrogens with zero attached hydrogens (tertiary/aromatic N) is 4. The highest BCUT2D eigenvalue weighted by atomic mass is 16.7. The van der Waals surface area contributed by atoms with Crippen LogP contribution < -0.4 is 9.74 Å². The molecule has 178 valence electrons. The first kappa shape index (κ1) is 21.9. The van der Waals surface area contributed by atoms with Crippen LogP contribution in [0.4, 0.5) is 10.5 Å². The van der Waals surface area contributed by atoms with Crippen LogP contribution in [-0.4, -0.2) is 70.1 Å². The predicted octanol–water partition coefficient (Wildman–Crippen LogP) is 3.24. The number of likely N-dealkylation sites (tertiary alicyclic amines) is 2. The Balaban J connectivity index is 1.21. The fraction of sp³-hybridized carbons (Fsp3) is 0.560. The number of aromatic hydroxyl groups is 2. The van der Waals surface area contributed by atoms with Gasteiger partial charge < -0.3 is 24.9 Å². The number of hydrogen-bond donors (Lipinski definition) is 2. The summed E-state index contributed by atoms with van der Waals surface area (Å²) in [7, 11) is 0. The number of hydrogen-bond acceptors (Lipinski definition) is 6. The summed E-state index contributed by atoms with van der Waals surface area (Å²) >= 11 is 0. The summed E-state index contributed by atoms with van der Waals surface area (Å²) in [5.74, 6) is 0.740. The summed E-state index contributed by atoms with van der Waals surface area (Å²) in [4.78, 5) is 24.5. The first-order chi connectivity index (χ1) is 15.9. The Hall–Kier alpha value is -2.87. The second kappa shape index (κ2) is 8.82. The third kappa shape index (κ3) is 4.36.